The Labute approximate surface area is 235 Å². The molecule has 3 aromatic carbocycles. The summed E-state index contributed by atoms with van der Waals surface area (Å²) in [5.41, 5.74) is 1.05. The van der Waals surface area contributed by atoms with Crippen molar-refractivity contribution in [2.45, 2.75) is 24.0 Å². The van der Waals surface area contributed by atoms with Gasteiger partial charge in [0.2, 0.25) is 5.95 Å². The maximum atomic E-state index is 13.3. The number of hydrogen-bond donors (Lipinski definition) is 2. The van der Waals surface area contributed by atoms with Gasteiger partial charge in [-0.2, -0.15) is 4.98 Å². The van der Waals surface area contributed by atoms with E-state index in [-0.39, 0.29) is 27.2 Å². The van der Waals surface area contributed by atoms with Crippen LogP contribution in [0.4, 0.5) is 23.1 Å². The molecule has 0 aliphatic rings. The summed E-state index contributed by atoms with van der Waals surface area (Å²) < 4.78 is 32.7. The third kappa shape index (κ3) is 4.78. The molecule has 0 fully saturated rings. The number of anilines is 4. The van der Waals surface area contributed by atoms with E-state index in [9.17, 15) is 13.2 Å². The van der Waals surface area contributed by atoms with Crippen LogP contribution in [0.3, 0.4) is 0 Å². The minimum atomic E-state index is -3.58. The second kappa shape index (κ2) is 10.7. The largest absolute Gasteiger partial charge is 0.495 e. The topological polar surface area (TPSA) is 124 Å². The van der Waals surface area contributed by atoms with Crippen LogP contribution in [0, 0.1) is 0 Å². The number of benzene rings is 3. The van der Waals surface area contributed by atoms with Crippen LogP contribution >= 0.6 is 11.6 Å². The van der Waals surface area contributed by atoms with Gasteiger partial charge in [0.15, 0.2) is 15.7 Å². The molecule has 2 heterocycles. The number of halogens is 1. The van der Waals surface area contributed by atoms with Gasteiger partial charge in [0.1, 0.15) is 17.9 Å². The zero-order valence-electron chi connectivity index (χ0n) is 22.1. The van der Waals surface area contributed by atoms with Gasteiger partial charge in [-0.25, -0.2) is 13.4 Å². The average molecular weight is 580 g/mol. The van der Waals surface area contributed by atoms with Crippen LogP contribution in [0.2, 0.25) is 5.02 Å². The van der Waals surface area contributed by atoms with Gasteiger partial charge in [0.25, 0.3) is 5.56 Å². The highest BCUT2D eigenvalue weighted by Crippen LogP contribution is 2.35. The molecule has 5 aromatic rings. The summed E-state index contributed by atoms with van der Waals surface area (Å²) in [5, 5.41) is 7.58. The Balaban J connectivity index is 1.58. The second-order valence-electron chi connectivity index (χ2n) is 9.13. The Morgan fingerprint density at radius 3 is 2.38 bits per heavy atom. The van der Waals surface area contributed by atoms with Crippen molar-refractivity contribution in [3.05, 3.63) is 82.2 Å². The third-order valence-corrected chi connectivity index (χ3v) is 8.89. The molecule has 2 N–H and O–H groups in total. The zero-order chi connectivity index (χ0) is 28.6. The summed E-state index contributed by atoms with van der Waals surface area (Å²) in [4.78, 5) is 27.5. The lowest BCUT2D eigenvalue weighted by Crippen LogP contribution is -2.25. The van der Waals surface area contributed by atoms with Crippen LogP contribution in [0.15, 0.2) is 76.6 Å². The Hall–Kier alpha value is -4.35. The van der Waals surface area contributed by atoms with Crippen molar-refractivity contribution in [1.82, 2.24) is 14.7 Å². The molecule has 5 rings (SSSR count). The minimum absolute atomic E-state index is 0.132. The molecule has 12 heteroatoms. The molecule has 0 aliphatic heterocycles. The van der Waals surface area contributed by atoms with E-state index in [2.05, 4.69) is 20.6 Å². The minimum Gasteiger partial charge on any atom is -0.495 e. The van der Waals surface area contributed by atoms with Crippen LogP contribution in [0.25, 0.3) is 21.7 Å². The molecule has 0 bridgehead atoms. The number of hydrogen-bond acceptors (Lipinski definition) is 9. The molecule has 0 saturated carbocycles. The van der Waals surface area contributed by atoms with Gasteiger partial charge in [-0.05, 0) is 44.2 Å². The predicted octanol–water partition coefficient (Wildman–Crippen LogP) is 5.33. The predicted molar refractivity (Wildman–Crippen MR) is 157 cm³/mol. The Kier molecular flexibility index (Phi) is 7.26. The summed E-state index contributed by atoms with van der Waals surface area (Å²) >= 11 is 6.38. The molecule has 10 nitrogen and oxygen atoms in total. The summed E-state index contributed by atoms with van der Waals surface area (Å²) in [5.74, 6) is 0.785. The highest BCUT2D eigenvalue weighted by atomic mass is 35.5. The Morgan fingerprint density at radius 2 is 1.65 bits per heavy atom. The van der Waals surface area contributed by atoms with E-state index < -0.39 is 15.1 Å². The zero-order valence-corrected chi connectivity index (χ0v) is 23.7. The molecular weight excluding hydrogens is 554 g/mol. The molecular formula is C28H26ClN5O5S. The second-order valence-corrected chi connectivity index (χ2v) is 12.0. The van der Waals surface area contributed by atoms with Gasteiger partial charge < -0.3 is 20.2 Å². The first-order chi connectivity index (χ1) is 19.1. The van der Waals surface area contributed by atoms with E-state index in [1.54, 1.807) is 50.2 Å². The summed E-state index contributed by atoms with van der Waals surface area (Å²) in [6, 6.07) is 17.4. The summed E-state index contributed by atoms with van der Waals surface area (Å²) in [6.45, 7) is 3.24. The van der Waals surface area contributed by atoms with Crippen molar-refractivity contribution in [3.63, 3.8) is 0 Å². The Morgan fingerprint density at radius 1 is 0.925 bits per heavy atom. The lowest BCUT2D eigenvalue weighted by Gasteiger charge is -2.16. The standard InChI is InChI=1S/C28H26ClN5O5S/c1-16(2)40(36,37)25-12-8-6-10-21(25)31-26-20(29)15-30-28(33-26)32-22-13-19-18(14-24(22)38-3)17-9-5-7-11-23(17)34(39-4)27(19)35/h5-16H,1-4H3,(H2,30,31,32,33). The maximum Gasteiger partial charge on any atom is 0.291 e. The van der Waals surface area contributed by atoms with Crippen molar-refractivity contribution < 1.29 is 18.0 Å². The molecule has 206 valence electrons. The fourth-order valence-corrected chi connectivity index (χ4v) is 5.70. The van der Waals surface area contributed by atoms with Crippen molar-refractivity contribution in [2.24, 2.45) is 0 Å². The average Bonchev–Trinajstić information content (AvgIpc) is 2.95. The molecule has 0 spiro atoms. The van der Waals surface area contributed by atoms with E-state index in [1.807, 2.05) is 18.2 Å². The number of pyridine rings is 1. The number of methoxy groups -OCH3 is 1. The molecule has 0 atom stereocenters. The monoisotopic (exact) mass is 579 g/mol. The van der Waals surface area contributed by atoms with Gasteiger partial charge in [0.05, 0.1) is 45.7 Å². The van der Waals surface area contributed by atoms with Gasteiger partial charge in [-0.1, -0.05) is 41.9 Å². The quantitative estimate of drug-likeness (QED) is 0.234. The van der Waals surface area contributed by atoms with Gasteiger partial charge in [0, 0.05) is 10.8 Å². The molecule has 0 saturated heterocycles. The molecule has 0 aliphatic carbocycles. The van der Waals surface area contributed by atoms with Crippen LogP contribution in [0.5, 0.6) is 5.75 Å². The van der Waals surface area contributed by atoms with Crippen LogP contribution in [-0.4, -0.2) is 42.6 Å². The lowest BCUT2D eigenvalue weighted by atomic mass is 10.0. The molecule has 0 radical (unpaired) electrons. The van der Waals surface area contributed by atoms with Gasteiger partial charge in [-0.15, -0.1) is 4.73 Å². The molecule has 0 amide bonds. The molecule has 0 unspecified atom stereocenters. The summed E-state index contributed by atoms with van der Waals surface area (Å²) in [7, 11) is -0.623. The van der Waals surface area contributed by atoms with Crippen molar-refractivity contribution in [3.8, 4) is 5.75 Å². The highest BCUT2D eigenvalue weighted by Gasteiger charge is 2.23. The van der Waals surface area contributed by atoms with Crippen molar-refractivity contribution >= 4 is 66.3 Å². The third-order valence-electron chi connectivity index (χ3n) is 6.41. The van der Waals surface area contributed by atoms with E-state index >= 15 is 0 Å². The number of rotatable bonds is 8. The summed E-state index contributed by atoms with van der Waals surface area (Å²) in [6.07, 6.45) is 1.39. The SMILES string of the molecule is COc1cc2c(cc1Nc1ncc(Cl)c(Nc3ccccc3S(=O)(=O)C(C)C)n1)c(=O)n(OC)c1ccccc21. The number of sulfone groups is 1. The van der Waals surface area contributed by atoms with Crippen LogP contribution < -0.4 is 25.8 Å². The Bertz CT molecular complexity index is 1930. The van der Waals surface area contributed by atoms with Crippen molar-refractivity contribution in [2.75, 3.05) is 24.9 Å². The van der Waals surface area contributed by atoms with E-state index in [0.29, 0.717) is 33.4 Å². The number of nitrogens with one attached hydrogen (secondary N) is 2. The first-order valence-corrected chi connectivity index (χ1v) is 14.2. The van der Waals surface area contributed by atoms with E-state index in [0.717, 1.165) is 5.39 Å². The first kappa shape index (κ1) is 27.2. The highest BCUT2D eigenvalue weighted by molar-refractivity contribution is 7.92. The van der Waals surface area contributed by atoms with Crippen LogP contribution in [0.1, 0.15) is 13.8 Å². The van der Waals surface area contributed by atoms with Crippen molar-refractivity contribution in [1.29, 1.82) is 0 Å². The van der Waals surface area contributed by atoms with Crippen LogP contribution in [-0.2, 0) is 9.84 Å². The van der Waals surface area contributed by atoms with Gasteiger partial charge >= 0.3 is 0 Å². The van der Waals surface area contributed by atoms with E-state index in [1.165, 1.54) is 31.2 Å². The number of aromatic nitrogens is 3. The normalized spacial score (nSPS) is 11.7. The fraction of sp³-hybridized carbons (Fsp3) is 0.179. The number of fused-ring (bicyclic) bond motifs is 3. The number of ether oxygens (including phenoxy) is 1. The van der Waals surface area contributed by atoms with Gasteiger partial charge in [-0.3, -0.25) is 4.79 Å². The van der Waals surface area contributed by atoms with E-state index in [4.69, 9.17) is 21.2 Å². The first-order valence-electron chi connectivity index (χ1n) is 12.2. The lowest BCUT2D eigenvalue weighted by molar-refractivity contribution is 0.170. The molecule has 40 heavy (non-hydrogen) atoms. The molecule has 2 aromatic heterocycles. The number of para-hydroxylation sites is 2. The number of nitrogens with zero attached hydrogens (tertiary/aromatic N) is 3. The fourth-order valence-electron chi connectivity index (χ4n) is 4.36. The smallest absolute Gasteiger partial charge is 0.291 e. The maximum absolute atomic E-state index is 13.3.